The van der Waals surface area contributed by atoms with E-state index in [2.05, 4.69) is 25.4 Å². The van der Waals surface area contributed by atoms with Crippen molar-refractivity contribution in [1.82, 2.24) is 24.6 Å². The molecule has 7 heteroatoms. The Hall–Kier alpha value is -2.21. The Bertz CT molecular complexity index is 723. The van der Waals surface area contributed by atoms with Crippen LogP contribution in [0, 0.1) is 6.92 Å². The van der Waals surface area contributed by atoms with Gasteiger partial charge in [0.15, 0.2) is 0 Å². The number of nitrogens with one attached hydrogen (secondary N) is 1. The smallest absolute Gasteiger partial charge is 0.255 e. The van der Waals surface area contributed by atoms with E-state index in [0.717, 1.165) is 17.1 Å². The number of nitrogens with zero attached hydrogens (tertiary/aromatic N) is 5. The molecule has 0 atom stereocenters. The van der Waals surface area contributed by atoms with Crippen LogP contribution in [-0.4, -0.2) is 24.6 Å². The Kier molecular flexibility index (Phi) is 3.00. The molecule has 0 radical (unpaired) electrons. The van der Waals surface area contributed by atoms with Crippen molar-refractivity contribution in [3.05, 3.63) is 47.1 Å². The zero-order valence-electron chi connectivity index (χ0n) is 10.2. The van der Waals surface area contributed by atoms with Crippen LogP contribution in [0.2, 0.25) is 5.15 Å². The van der Waals surface area contributed by atoms with Gasteiger partial charge in [0.25, 0.3) is 5.78 Å². The molecule has 1 N–H and O–H groups in total. The summed E-state index contributed by atoms with van der Waals surface area (Å²) in [6, 6.07) is 5.65. The molecule has 0 aliphatic rings. The number of anilines is 1. The standard InChI is InChI=1S/C12H11ClN6/c1-8-3-2-4-14-9(8)6-15-11-5-10(13)18-12-16-7-17-19(11)12/h2-5,7,15H,6H2,1H3. The topological polar surface area (TPSA) is 68.0 Å². The highest BCUT2D eigenvalue weighted by Gasteiger charge is 2.07. The fourth-order valence-electron chi connectivity index (χ4n) is 1.79. The van der Waals surface area contributed by atoms with E-state index < -0.39 is 0 Å². The Balaban J connectivity index is 1.90. The van der Waals surface area contributed by atoms with Crippen molar-refractivity contribution in [2.24, 2.45) is 0 Å². The molecule has 3 aromatic rings. The molecule has 0 aliphatic carbocycles. The van der Waals surface area contributed by atoms with Crippen LogP contribution in [0.25, 0.3) is 5.78 Å². The van der Waals surface area contributed by atoms with Crippen molar-refractivity contribution in [1.29, 1.82) is 0 Å². The van der Waals surface area contributed by atoms with Crippen LogP contribution in [0.1, 0.15) is 11.3 Å². The first-order valence-corrected chi connectivity index (χ1v) is 6.12. The van der Waals surface area contributed by atoms with E-state index in [0.29, 0.717) is 17.5 Å². The van der Waals surface area contributed by atoms with E-state index in [-0.39, 0.29) is 0 Å². The summed E-state index contributed by atoms with van der Waals surface area (Å²) in [7, 11) is 0. The van der Waals surface area contributed by atoms with Crippen LogP contribution in [0.5, 0.6) is 0 Å². The molecule has 0 saturated carbocycles. The molecule has 0 bridgehead atoms. The second-order valence-corrected chi connectivity index (χ2v) is 4.44. The third-order valence-corrected chi connectivity index (χ3v) is 2.97. The van der Waals surface area contributed by atoms with E-state index in [1.165, 1.54) is 6.33 Å². The van der Waals surface area contributed by atoms with Gasteiger partial charge in [0.2, 0.25) is 0 Å². The zero-order valence-corrected chi connectivity index (χ0v) is 11.0. The molecule has 0 aliphatic heterocycles. The molecular weight excluding hydrogens is 264 g/mol. The summed E-state index contributed by atoms with van der Waals surface area (Å²) in [6.45, 7) is 2.61. The van der Waals surface area contributed by atoms with Gasteiger partial charge >= 0.3 is 0 Å². The molecule has 0 saturated heterocycles. The number of pyridine rings is 1. The van der Waals surface area contributed by atoms with Crippen LogP contribution in [0.15, 0.2) is 30.7 Å². The van der Waals surface area contributed by atoms with Crippen LogP contribution >= 0.6 is 11.6 Å². The van der Waals surface area contributed by atoms with Gasteiger partial charge in [-0.3, -0.25) is 4.98 Å². The Morgan fingerprint density at radius 3 is 3.11 bits per heavy atom. The van der Waals surface area contributed by atoms with Crippen molar-refractivity contribution < 1.29 is 0 Å². The molecule has 0 fully saturated rings. The van der Waals surface area contributed by atoms with Gasteiger partial charge in [-0.05, 0) is 18.6 Å². The number of hydrogen-bond donors (Lipinski definition) is 1. The number of rotatable bonds is 3. The van der Waals surface area contributed by atoms with Crippen LogP contribution < -0.4 is 5.32 Å². The van der Waals surface area contributed by atoms with Crippen molar-refractivity contribution >= 4 is 23.2 Å². The molecule has 3 aromatic heterocycles. The number of aromatic nitrogens is 5. The van der Waals surface area contributed by atoms with Gasteiger partial charge in [-0.2, -0.15) is 19.6 Å². The average Bonchev–Trinajstić information content (AvgIpc) is 2.85. The predicted octanol–water partition coefficient (Wildman–Crippen LogP) is 2.09. The van der Waals surface area contributed by atoms with Gasteiger partial charge in [-0.1, -0.05) is 17.7 Å². The molecular formula is C12H11ClN6. The van der Waals surface area contributed by atoms with Crippen molar-refractivity contribution in [3.8, 4) is 0 Å². The van der Waals surface area contributed by atoms with Gasteiger partial charge in [0, 0.05) is 12.3 Å². The minimum Gasteiger partial charge on any atom is -0.364 e. The fraction of sp³-hybridized carbons (Fsp3) is 0.167. The summed E-state index contributed by atoms with van der Waals surface area (Å²) < 4.78 is 1.60. The first-order chi connectivity index (χ1) is 9.24. The lowest BCUT2D eigenvalue weighted by Gasteiger charge is -2.09. The Morgan fingerprint density at radius 2 is 2.26 bits per heavy atom. The number of halogens is 1. The lowest BCUT2D eigenvalue weighted by Crippen LogP contribution is -2.08. The molecule has 0 spiro atoms. The number of hydrogen-bond acceptors (Lipinski definition) is 5. The van der Waals surface area contributed by atoms with Gasteiger partial charge in [0.05, 0.1) is 12.2 Å². The summed E-state index contributed by atoms with van der Waals surface area (Å²) >= 11 is 5.95. The molecule has 6 nitrogen and oxygen atoms in total. The van der Waals surface area contributed by atoms with Crippen molar-refractivity contribution in [2.45, 2.75) is 13.5 Å². The molecule has 0 aromatic carbocycles. The highest BCUT2D eigenvalue weighted by atomic mass is 35.5. The monoisotopic (exact) mass is 274 g/mol. The average molecular weight is 275 g/mol. The first kappa shape index (κ1) is 11.9. The lowest BCUT2D eigenvalue weighted by atomic mass is 10.2. The van der Waals surface area contributed by atoms with Gasteiger partial charge < -0.3 is 5.32 Å². The summed E-state index contributed by atoms with van der Waals surface area (Å²) in [5.41, 5.74) is 2.11. The quantitative estimate of drug-likeness (QED) is 0.741. The predicted molar refractivity (Wildman–Crippen MR) is 72.1 cm³/mol. The molecule has 3 rings (SSSR count). The zero-order chi connectivity index (χ0) is 13.2. The number of fused-ring (bicyclic) bond motifs is 1. The third-order valence-electron chi connectivity index (χ3n) is 2.78. The van der Waals surface area contributed by atoms with Gasteiger partial charge in [0.1, 0.15) is 17.3 Å². The summed E-state index contributed by atoms with van der Waals surface area (Å²) in [5, 5.41) is 7.72. The molecule has 19 heavy (non-hydrogen) atoms. The van der Waals surface area contributed by atoms with Crippen molar-refractivity contribution in [2.75, 3.05) is 5.32 Å². The van der Waals surface area contributed by atoms with Gasteiger partial charge in [-0.15, -0.1) is 0 Å². The minimum atomic E-state index is 0.376. The Morgan fingerprint density at radius 1 is 1.37 bits per heavy atom. The van der Waals surface area contributed by atoms with Crippen LogP contribution in [0.3, 0.4) is 0 Å². The SMILES string of the molecule is Cc1cccnc1CNc1cc(Cl)nc2ncnn12. The van der Waals surface area contributed by atoms with Crippen molar-refractivity contribution in [3.63, 3.8) is 0 Å². The van der Waals surface area contributed by atoms with Gasteiger partial charge in [-0.25, -0.2) is 0 Å². The first-order valence-electron chi connectivity index (χ1n) is 5.75. The maximum absolute atomic E-state index is 5.95. The molecule has 96 valence electrons. The normalized spacial score (nSPS) is 10.8. The second kappa shape index (κ2) is 4.81. The molecule has 0 amide bonds. The summed E-state index contributed by atoms with van der Waals surface area (Å²) in [5.74, 6) is 1.20. The maximum atomic E-state index is 5.95. The highest BCUT2D eigenvalue weighted by Crippen LogP contribution is 2.15. The van der Waals surface area contributed by atoms with E-state index in [1.54, 1.807) is 16.8 Å². The summed E-state index contributed by atoms with van der Waals surface area (Å²) in [4.78, 5) is 12.4. The largest absolute Gasteiger partial charge is 0.364 e. The third kappa shape index (κ3) is 2.34. The maximum Gasteiger partial charge on any atom is 0.255 e. The molecule has 3 heterocycles. The lowest BCUT2D eigenvalue weighted by molar-refractivity contribution is 0.913. The Labute approximate surface area is 114 Å². The van der Waals surface area contributed by atoms with E-state index in [1.807, 2.05) is 19.1 Å². The number of aryl methyl sites for hydroxylation is 1. The van der Waals surface area contributed by atoms with Crippen LogP contribution in [-0.2, 0) is 6.54 Å². The van der Waals surface area contributed by atoms with E-state index in [9.17, 15) is 0 Å². The van der Waals surface area contributed by atoms with Crippen LogP contribution in [0.4, 0.5) is 5.82 Å². The van der Waals surface area contributed by atoms with E-state index in [4.69, 9.17) is 11.6 Å². The molecule has 0 unspecified atom stereocenters. The highest BCUT2D eigenvalue weighted by molar-refractivity contribution is 6.29. The fourth-order valence-corrected chi connectivity index (χ4v) is 1.97. The summed E-state index contributed by atoms with van der Waals surface area (Å²) in [6.07, 6.45) is 3.21. The van der Waals surface area contributed by atoms with E-state index >= 15 is 0 Å². The second-order valence-electron chi connectivity index (χ2n) is 4.06. The minimum absolute atomic E-state index is 0.376.